The fourth-order valence-electron chi connectivity index (χ4n) is 6.71. The molecule has 19 heteroatoms. The van der Waals surface area contributed by atoms with Crippen LogP contribution in [-0.4, -0.2) is 80.9 Å². The lowest BCUT2D eigenvalue weighted by Gasteiger charge is -2.33. The topological polar surface area (TPSA) is 212 Å². The first kappa shape index (κ1) is 36.3. The van der Waals surface area contributed by atoms with Gasteiger partial charge >= 0.3 is 5.69 Å². The molecule has 0 bridgehead atoms. The second-order valence-corrected chi connectivity index (χ2v) is 13.6. The maximum atomic E-state index is 13.8. The van der Waals surface area contributed by atoms with Crippen LogP contribution in [0.3, 0.4) is 0 Å². The maximum absolute atomic E-state index is 13.8. The molecule has 4 aromatic heterocycles. The Morgan fingerprint density at radius 3 is 2.12 bits per heavy atom. The summed E-state index contributed by atoms with van der Waals surface area (Å²) in [5.74, 6) is -0.0320. The second-order valence-electron chi connectivity index (χ2n) is 13.6. The van der Waals surface area contributed by atoms with E-state index in [1.807, 2.05) is 48.5 Å². The summed E-state index contributed by atoms with van der Waals surface area (Å²) >= 11 is 0. The molecule has 2 aromatic carbocycles. The van der Waals surface area contributed by atoms with Crippen LogP contribution in [0.15, 0.2) is 100 Å². The molecule has 2 aliphatic heterocycles. The number of nitrogens with one attached hydrogen (secondary N) is 3. The molecular weight excluding hydrogens is 733 g/mol. The minimum Gasteiger partial charge on any atom is -0.353 e. The van der Waals surface area contributed by atoms with Gasteiger partial charge in [-0.3, -0.25) is 33.3 Å². The zero-order valence-electron chi connectivity index (χ0n) is 31.0. The van der Waals surface area contributed by atoms with Gasteiger partial charge in [0.05, 0.1) is 38.2 Å². The monoisotopic (exact) mass is 768 g/mol. The highest BCUT2D eigenvalue weighted by atomic mass is 16.2. The van der Waals surface area contributed by atoms with E-state index in [1.165, 1.54) is 35.9 Å². The van der Waals surface area contributed by atoms with Gasteiger partial charge in [-0.2, -0.15) is 0 Å². The van der Waals surface area contributed by atoms with Crippen LogP contribution in [0.2, 0.25) is 0 Å². The van der Waals surface area contributed by atoms with E-state index in [0.29, 0.717) is 39.8 Å². The normalized spacial score (nSPS) is 14.8. The number of benzene rings is 2. The van der Waals surface area contributed by atoms with Crippen molar-refractivity contribution in [3.05, 3.63) is 124 Å². The van der Waals surface area contributed by atoms with Crippen molar-refractivity contribution in [2.45, 2.75) is 25.7 Å². The van der Waals surface area contributed by atoms with Gasteiger partial charge in [-0.05, 0) is 48.0 Å². The lowest BCUT2D eigenvalue weighted by Crippen LogP contribution is -2.45. The number of aromatic nitrogens is 8. The summed E-state index contributed by atoms with van der Waals surface area (Å²) < 4.78 is 5.19. The van der Waals surface area contributed by atoms with Crippen LogP contribution in [0.1, 0.15) is 27.7 Å². The van der Waals surface area contributed by atoms with Gasteiger partial charge in [0.15, 0.2) is 28.5 Å². The first-order valence-corrected chi connectivity index (χ1v) is 17.8. The molecule has 57 heavy (non-hydrogen) atoms. The molecule has 0 saturated carbocycles. The van der Waals surface area contributed by atoms with E-state index < -0.39 is 17.2 Å². The molecule has 6 aromatic rings. The Hall–Kier alpha value is -7.70. The standard InChI is InChI=1S/C38H36N14O5/c1-47-22-52(37(56)31-34(47)43-20-50(31)17-29(53)45-26-8-4-24(5-9-26)28-12-13-39-19-42-28)16-23-14-40-33(41-15-23)25-6-10-27(11-7-25)46-30(54)18-51-21-44-35-32(51)36(55)49(3)38(57)48(35)2/h4-15,19-21,28H,16-18,22H2,1-3H3,(H,39,42)(H,45,53)(H,46,54). The Morgan fingerprint density at radius 1 is 0.807 bits per heavy atom. The van der Waals surface area contributed by atoms with Crippen molar-refractivity contribution in [1.82, 2.24) is 48.4 Å². The summed E-state index contributed by atoms with van der Waals surface area (Å²) in [6, 6.07) is 14.3. The number of aryl methyl sites for hydroxylation is 1. The van der Waals surface area contributed by atoms with Crippen molar-refractivity contribution in [2.24, 2.45) is 19.1 Å². The molecule has 0 spiro atoms. The van der Waals surface area contributed by atoms with Crippen molar-refractivity contribution in [2.75, 3.05) is 29.2 Å². The quantitative estimate of drug-likeness (QED) is 0.182. The van der Waals surface area contributed by atoms with E-state index in [4.69, 9.17) is 0 Å². The molecule has 0 aliphatic carbocycles. The van der Waals surface area contributed by atoms with Gasteiger partial charge in [-0.15, -0.1) is 0 Å². The number of anilines is 3. The number of amides is 3. The third-order valence-electron chi connectivity index (χ3n) is 9.62. The van der Waals surface area contributed by atoms with Crippen molar-refractivity contribution < 1.29 is 14.4 Å². The van der Waals surface area contributed by atoms with Crippen LogP contribution < -0.4 is 32.1 Å². The van der Waals surface area contributed by atoms with E-state index >= 15 is 0 Å². The summed E-state index contributed by atoms with van der Waals surface area (Å²) in [6.07, 6.45) is 11.6. The first-order chi connectivity index (χ1) is 27.5. The minimum atomic E-state index is -0.539. The number of hydrogen-bond acceptors (Lipinski definition) is 12. The van der Waals surface area contributed by atoms with Crippen molar-refractivity contribution in [1.29, 1.82) is 0 Å². The summed E-state index contributed by atoms with van der Waals surface area (Å²) in [5, 5.41) is 8.61. The minimum absolute atomic E-state index is 0.0883. The molecule has 1 unspecified atom stereocenters. The zero-order valence-corrected chi connectivity index (χ0v) is 31.0. The molecule has 8 rings (SSSR count). The SMILES string of the molecule is CN1CN(Cc2cnc(-c3ccc(NC(=O)Cn4cnc5c4c(=O)n(C)c(=O)n5C)cc3)nc2)C(=O)c2c1ncn2CC(=O)Nc1ccc(C2C=CNC=N2)cc1. The highest BCUT2D eigenvalue weighted by molar-refractivity contribution is 6.00. The molecule has 0 fully saturated rings. The predicted molar refractivity (Wildman–Crippen MR) is 210 cm³/mol. The number of nitrogens with zero attached hydrogens (tertiary/aromatic N) is 11. The molecule has 0 saturated heterocycles. The van der Waals surface area contributed by atoms with E-state index in [-0.39, 0.29) is 55.3 Å². The van der Waals surface area contributed by atoms with Gasteiger partial charge in [-0.1, -0.05) is 12.1 Å². The molecule has 288 valence electrons. The Bertz CT molecular complexity index is 2700. The van der Waals surface area contributed by atoms with Gasteiger partial charge < -0.3 is 34.9 Å². The average Bonchev–Trinajstić information content (AvgIpc) is 3.84. The number of fused-ring (bicyclic) bond motifs is 2. The van der Waals surface area contributed by atoms with E-state index in [0.717, 1.165) is 10.1 Å². The Kier molecular flexibility index (Phi) is 9.45. The van der Waals surface area contributed by atoms with Gasteiger partial charge in [0.1, 0.15) is 13.1 Å². The van der Waals surface area contributed by atoms with Gasteiger partial charge in [0.25, 0.3) is 11.5 Å². The van der Waals surface area contributed by atoms with Crippen molar-refractivity contribution in [3.8, 4) is 11.4 Å². The number of imidazole rings is 2. The average molecular weight is 769 g/mol. The Balaban J connectivity index is 0.877. The van der Waals surface area contributed by atoms with Gasteiger partial charge in [-0.25, -0.2) is 24.7 Å². The smallest absolute Gasteiger partial charge is 0.332 e. The van der Waals surface area contributed by atoms with Gasteiger partial charge in [0, 0.05) is 62.2 Å². The van der Waals surface area contributed by atoms with Gasteiger partial charge in [0.2, 0.25) is 11.8 Å². The Morgan fingerprint density at radius 2 is 1.46 bits per heavy atom. The first-order valence-electron chi connectivity index (χ1n) is 17.8. The number of hydrogen-bond donors (Lipinski definition) is 3. The number of carbonyl (C=O) groups is 3. The van der Waals surface area contributed by atoms with Crippen molar-refractivity contribution in [3.63, 3.8) is 0 Å². The van der Waals surface area contributed by atoms with Crippen LogP contribution in [0.25, 0.3) is 22.6 Å². The van der Waals surface area contributed by atoms with E-state index in [2.05, 4.69) is 40.9 Å². The van der Waals surface area contributed by atoms with E-state index in [9.17, 15) is 24.0 Å². The molecule has 3 N–H and O–H groups in total. The number of rotatable bonds is 10. The number of aliphatic imine (C=N–C) groups is 1. The summed E-state index contributed by atoms with van der Waals surface area (Å²) in [4.78, 5) is 90.1. The van der Waals surface area contributed by atoms with Crippen LogP contribution in [0.5, 0.6) is 0 Å². The van der Waals surface area contributed by atoms with E-state index in [1.54, 1.807) is 52.5 Å². The molecule has 0 radical (unpaired) electrons. The Labute approximate surface area is 323 Å². The third kappa shape index (κ3) is 7.15. The molecular formula is C38H36N14O5. The molecule has 6 heterocycles. The van der Waals surface area contributed by atoms with Crippen molar-refractivity contribution >= 4 is 52.4 Å². The lowest BCUT2D eigenvalue weighted by molar-refractivity contribution is -0.117. The molecule has 2 aliphatic rings. The third-order valence-corrected chi connectivity index (χ3v) is 9.62. The highest BCUT2D eigenvalue weighted by Crippen LogP contribution is 2.27. The zero-order chi connectivity index (χ0) is 39.8. The fourth-order valence-corrected chi connectivity index (χ4v) is 6.71. The molecule has 3 amide bonds. The predicted octanol–water partition coefficient (Wildman–Crippen LogP) is 1.60. The summed E-state index contributed by atoms with van der Waals surface area (Å²) in [6.45, 7) is 0.210. The summed E-state index contributed by atoms with van der Waals surface area (Å²) in [7, 11) is 4.72. The second kappa shape index (κ2) is 14.9. The van der Waals surface area contributed by atoms with Crippen LogP contribution in [-0.2, 0) is 43.3 Å². The largest absolute Gasteiger partial charge is 0.353 e. The van der Waals surface area contributed by atoms with Crippen LogP contribution in [0, 0.1) is 0 Å². The lowest BCUT2D eigenvalue weighted by atomic mass is 10.1. The molecule has 19 nitrogen and oxygen atoms in total. The maximum Gasteiger partial charge on any atom is 0.332 e. The van der Waals surface area contributed by atoms with Crippen LogP contribution >= 0.6 is 0 Å². The molecule has 1 atom stereocenters. The highest BCUT2D eigenvalue weighted by Gasteiger charge is 2.33. The number of carbonyl (C=O) groups excluding carboxylic acids is 3. The van der Waals surface area contributed by atoms with Crippen LogP contribution in [0.4, 0.5) is 17.2 Å². The summed E-state index contributed by atoms with van der Waals surface area (Å²) in [5.41, 5.74) is 3.15. The fraction of sp³-hybridized carbons (Fsp3) is 0.211.